The zero-order valence-corrected chi connectivity index (χ0v) is 33.7. The minimum absolute atomic E-state index is 0.0551. The fourth-order valence-corrected chi connectivity index (χ4v) is 6.85. The van der Waals surface area contributed by atoms with E-state index in [1.807, 2.05) is 63.2 Å². The fraction of sp³-hybridized carbons (Fsp3) is 0.302. The van der Waals surface area contributed by atoms with E-state index >= 15 is 0 Å². The predicted molar refractivity (Wildman–Crippen MR) is 222 cm³/mol. The van der Waals surface area contributed by atoms with E-state index in [1.165, 1.54) is 14.2 Å². The van der Waals surface area contributed by atoms with E-state index in [4.69, 9.17) is 19.3 Å². The van der Waals surface area contributed by atoms with Crippen molar-refractivity contribution < 1.29 is 42.1 Å². The maximum absolute atomic E-state index is 13.5. The molecule has 0 radical (unpaired) electrons. The summed E-state index contributed by atoms with van der Waals surface area (Å²) in [6.07, 6.45) is 5.37. The van der Waals surface area contributed by atoms with Crippen LogP contribution in [0.15, 0.2) is 85.1 Å². The first-order valence-corrected chi connectivity index (χ1v) is 20.3. The summed E-state index contributed by atoms with van der Waals surface area (Å²) in [6, 6.07) is 22.9. The molecule has 0 fully saturated rings. The number of pyridine rings is 1. The first kappa shape index (κ1) is 42.0. The number of carbonyl (C=O) groups excluding carboxylic acids is 2. The Hall–Kier alpha value is -6.15. The predicted octanol–water partition coefficient (Wildman–Crippen LogP) is 9.17. The van der Waals surface area contributed by atoms with E-state index in [1.54, 1.807) is 42.6 Å². The maximum atomic E-state index is 13.5. The minimum atomic E-state index is -3.65. The standard InChI is InChI=1S/C43H48N4O9S/c1-43(2,3)28-24-35(41(55-5)36(25-28)47-57(6,52)53)46-42(51)45-34-18-19-38(32-13-11-10-12-31(32)34)56-30-20-21-44-29(26-30)22-27-16-17-33(39(23-27)54-4)37(48)14-8-7-9-15-40(49)50/h10-13,16-21,23-26,47H,7-9,14-15,22H2,1-6H3,(H,49,50)(H2,45,46,51). The van der Waals surface area contributed by atoms with Crippen LogP contribution in [0.5, 0.6) is 23.0 Å². The lowest BCUT2D eigenvalue weighted by atomic mass is 9.86. The molecule has 0 atom stereocenters. The van der Waals surface area contributed by atoms with Crippen molar-refractivity contribution >= 4 is 55.6 Å². The summed E-state index contributed by atoms with van der Waals surface area (Å²) in [4.78, 5) is 41.7. The van der Waals surface area contributed by atoms with E-state index in [0.29, 0.717) is 60.6 Å². The van der Waals surface area contributed by atoms with Gasteiger partial charge in [-0.15, -0.1) is 0 Å². The number of hydrogen-bond acceptors (Lipinski definition) is 9. The van der Waals surface area contributed by atoms with Gasteiger partial charge >= 0.3 is 12.0 Å². The number of unbranched alkanes of at least 4 members (excludes halogenated alkanes) is 2. The molecular formula is C43H48N4O9S. The molecule has 0 aliphatic rings. The quantitative estimate of drug-likeness (QED) is 0.0523. The van der Waals surface area contributed by atoms with Gasteiger partial charge in [0.15, 0.2) is 11.5 Å². The molecule has 2 amide bonds. The number of aliphatic carboxylic acids is 1. The smallest absolute Gasteiger partial charge is 0.323 e. The van der Waals surface area contributed by atoms with Crippen molar-refractivity contribution in [3.8, 4) is 23.0 Å². The number of carbonyl (C=O) groups is 3. The van der Waals surface area contributed by atoms with Gasteiger partial charge in [-0.3, -0.25) is 19.3 Å². The second kappa shape index (κ2) is 18.2. The highest BCUT2D eigenvalue weighted by molar-refractivity contribution is 7.92. The van der Waals surface area contributed by atoms with Crippen LogP contribution in [0.2, 0.25) is 0 Å². The van der Waals surface area contributed by atoms with E-state index < -0.39 is 22.0 Å². The Balaban J connectivity index is 1.31. The van der Waals surface area contributed by atoms with Crippen LogP contribution in [-0.4, -0.2) is 56.8 Å². The van der Waals surface area contributed by atoms with Crippen molar-refractivity contribution in [2.75, 3.05) is 35.8 Å². The highest BCUT2D eigenvalue weighted by atomic mass is 32.2. The van der Waals surface area contributed by atoms with Crippen molar-refractivity contribution in [1.82, 2.24) is 4.98 Å². The molecule has 0 spiro atoms. The number of amides is 2. The van der Waals surface area contributed by atoms with Crippen LogP contribution in [0.1, 0.15) is 80.1 Å². The molecule has 13 nitrogen and oxygen atoms in total. The molecule has 5 aromatic rings. The van der Waals surface area contributed by atoms with Gasteiger partial charge in [0, 0.05) is 48.0 Å². The number of anilines is 3. The second-order valence-electron chi connectivity index (χ2n) is 14.6. The number of Topliss-reactive ketones (excluding diaryl/α,β-unsaturated/α-hetero) is 1. The number of carboxylic acids is 1. The van der Waals surface area contributed by atoms with E-state index in [0.717, 1.165) is 33.8 Å². The van der Waals surface area contributed by atoms with Crippen LogP contribution in [-0.2, 0) is 26.7 Å². The Labute approximate surface area is 332 Å². The third-order valence-electron chi connectivity index (χ3n) is 9.10. The van der Waals surface area contributed by atoms with Gasteiger partial charge in [0.1, 0.15) is 17.2 Å². The molecule has 4 aromatic carbocycles. The Morgan fingerprint density at radius 2 is 1.47 bits per heavy atom. The number of aromatic nitrogens is 1. The zero-order chi connectivity index (χ0) is 41.3. The zero-order valence-electron chi connectivity index (χ0n) is 32.9. The van der Waals surface area contributed by atoms with Gasteiger partial charge < -0.3 is 30.0 Å². The first-order valence-electron chi connectivity index (χ1n) is 18.4. The van der Waals surface area contributed by atoms with Crippen LogP contribution >= 0.6 is 0 Å². The average Bonchev–Trinajstić information content (AvgIpc) is 3.14. The molecule has 0 unspecified atom stereocenters. The second-order valence-corrected chi connectivity index (χ2v) is 16.4. The summed E-state index contributed by atoms with van der Waals surface area (Å²) in [6.45, 7) is 5.93. The molecular weight excluding hydrogens is 749 g/mol. The molecule has 0 saturated carbocycles. The summed E-state index contributed by atoms with van der Waals surface area (Å²) in [5.74, 6) is 0.844. The molecule has 0 saturated heterocycles. The minimum Gasteiger partial charge on any atom is -0.496 e. The summed E-state index contributed by atoms with van der Waals surface area (Å²) >= 11 is 0. The number of nitrogens with one attached hydrogen (secondary N) is 3. The largest absolute Gasteiger partial charge is 0.496 e. The number of methoxy groups -OCH3 is 2. The molecule has 1 aromatic heterocycles. The van der Waals surface area contributed by atoms with Crippen molar-refractivity contribution in [2.24, 2.45) is 0 Å². The maximum Gasteiger partial charge on any atom is 0.323 e. The molecule has 57 heavy (non-hydrogen) atoms. The lowest BCUT2D eigenvalue weighted by molar-refractivity contribution is -0.137. The molecule has 4 N–H and O–H groups in total. The lowest BCUT2D eigenvalue weighted by Crippen LogP contribution is -2.22. The van der Waals surface area contributed by atoms with E-state index in [2.05, 4.69) is 20.3 Å². The highest BCUT2D eigenvalue weighted by Crippen LogP contribution is 2.40. The molecule has 14 heteroatoms. The van der Waals surface area contributed by atoms with E-state index in [-0.39, 0.29) is 34.7 Å². The van der Waals surface area contributed by atoms with Crippen molar-refractivity contribution in [3.63, 3.8) is 0 Å². The summed E-state index contributed by atoms with van der Waals surface area (Å²) in [5.41, 5.74) is 3.52. The molecule has 300 valence electrons. The number of nitrogens with zero attached hydrogens (tertiary/aromatic N) is 1. The summed E-state index contributed by atoms with van der Waals surface area (Å²) < 4.78 is 44.3. The van der Waals surface area contributed by atoms with Crippen molar-refractivity contribution in [2.45, 2.75) is 64.7 Å². The van der Waals surface area contributed by atoms with Crippen molar-refractivity contribution in [1.29, 1.82) is 0 Å². The van der Waals surface area contributed by atoms with Crippen LogP contribution in [0, 0.1) is 0 Å². The van der Waals surface area contributed by atoms with Crippen LogP contribution in [0.25, 0.3) is 10.8 Å². The molecule has 0 aliphatic carbocycles. The van der Waals surface area contributed by atoms with Gasteiger partial charge in [0.2, 0.25) is 10.0 Å². The number of carboxylic acid groups (broad SMARTS) is 1. The number of ether oxygens (including phenoxy) is 3. The van der Waals surface area contributed by atoms with Crippen LogP contribution in [0.4, 0.5) is 21.9 Å². The summed E-state index contributed by atoms with van der Waals surface area (Å²) in [5, 5.41) is 16.0. The number of ketones is 1. The SMILES string of the molecule is COc1cc(Cc2cc(Oc3ccc(NC(=O)Nc4cc(C(C)(C)C)cc(NS(C)(=O)=O)c4OC)c4ccccc34)ccn2)ccc1C(=O)CCCCCC(=O)O. The summed E-state index contributed by atoms with van der Waals surface area (Å²) in [7, 11) is -0.724. The van der Waals surface area contributed by atoms with Gasteiger partial charge in [-0.2, -0.15) is 0 Å². The number of benzene rings is 4. The molecule has 0 aliphatic heterocycles. The average molecular weight is 797 g/mol. The number of sulfonamides is 1. The van der Waals surface area contributed by atoms with Gasteiger partial charge in [-0.05, 0) is 71.8 Å². The first-order chi connectivity index (χ1) is 27.0. The van der Waals surface area contributed by atoms with Crippen LogP contribution in [0.3, 0.4) is 0 Å². The third-order valence-corrected chi connectivity index (χ3v) is 9.69. The molecule has 1 heterocycles. The van der Waals surface area contributed by atoms with Gasteiger partial charge in [-0.25, -0.2) is 13.2 Å². The third kappa shape index (κ3) is 11.4. The number of rotatable bonds is 17. The topological polar surface area (TPSA) is 182 Å². The molecule has 5 rings (SSSR count). The van der Waals surface area contributed by atoms with Crippen LogP contribution < -0.4 is 29.6 Å². The Morgan fingerprint density at radius 1 is 0.772 bits per heavy atom. The number of fused-ring (bicyclic) bond motifs is 1. The monoisotopic (exact) mass is 796 g/mol. The normalized spacial score (nSPS) is 11.5. The van der Waals surface area contributed by atoms with Gasteiger partial charge in [-0.1, -0.05) is 57.5 Å². The van der Waals surface area contributed by atoms with Crippen molar-refractivity contribution in [3.05, 3.63) is 107 Å². The number of hydrogen-bond donors (Lipinski definition) is 4. The Bertz CT molecular complexity index is 2390. The Kier molecular flexibility index (Phi) is 13.4. The Morgan fingerprint density at radius 3 is 2.16 bits per heavy atom. The van der Waals surface area contributed by atoms with E-state index in [9.17, 15) is 22.8 Å². The van der Waals surface area contributed by atoms with Gasteiger partial charge in [0.25, 0.3) is 0 Å². The number of urea groups is 1. The van der Waals surface area contributed by atoms with Gasteiger partial charge in [0.05, 0.1) is 43.1 Å². The highest BCUT2D eigenvalue weighted by Gasteiger charge is 2.23. The fourth-order valence-electron chi connectivity index (χ4n) is 6.30. The lowest BCUT2D eigenvalue weighted by Gasteiger charge is -2.24. The molecule has 0 bridgehead atoms.